The molecule has 2 aromatic heterocycles. The number of carbonyl (C=O) groups is 1. The van der Waals surface area contributed by atoms with Crippen molar-refractivity contribution in [2.24, 2.45) is 5.92 Å². The summed E-state index contributed by atoms with van der Waals surface area (Å²) in [5.74, 6) is -1.53. The molecule has 1 aliphatic heterocycles. The molecule has 3 heterocycles. The number of hydrogen-bond acceptors (Lipinski definition) is 6. The van der Waals surface area contributed by atoms with Crippen LogP contribution in [0.25, 0.3) is 0 Å². The van der Waals surface area contributed by atoms with Crippen LogP contribution in [0.1, 0.15) is 41.8 Å². The van der Waals surface area contributed by atoms with Crippen LogP contribution in [0.4, 0.5) is 19.1 Å². The minimum Gasteiger partial charge on any atom is -0.456 e. The van der Waals surface area contributed by atoms with E-state index in [0.717, 1.165) is 6.07 Å². The number of furan rings is 1. The third-order valence-corrected chi connectivity index (χ3v) is 4.34. The second kappa shape index (κ2) is 6.98. The number of amides is 1. The number of nitrogens with zero attached hydrogens (tertiary/aromatic N) is 2. The molecule has 1 saturated heterocycles. The molecular formula is C15H19F3N6O2. The normalized spacial score (nSPS) is 17.2. The number of alkyl halides is 3. The molecule has 5 N–H and O–H groups in total. The third-order valence-electron chi connectivity index (χ3n) is 4.34. The van der Waals surface area contributed by atoms with Crippen molar-refractivity contribution >= 4 is 11.9 Å². The van der Waals surface area contributed by atoms with E-state index in [1.807, 2.05) is 0 Å². The lowest BCUT2D eigenvalue weighted by Gasteiger charge is -2.24. The quantitative estimate of drug-likeness (QED) is 0.645. The maximum absolute atomic E-state index is 13.0. The minimum absolute atomic E-state index is 0.0305. The number of rotatable bonds is 4. The third kappa shape index (κ3) is 3.82. The van der Waals surface area contributed by atoms with Crippen LogP contribution in [0.5, 0.6) is 0 Å². The Balaban J connectivity index is 1.91. The average molecular weight is 372 g/mol. The average Bonchev–Trinajstić information content (AvgIpc) is 3.19. The van der Waals surface area contributed by atoms with E-state index < -0.39 is 18.0 Å². The van der Waals surface area contributed by atoms with Crippen molar-refractivity contribution in [1.29, 1.82) is 0 Å². The van der Waals surface area contributed by atoms with E-state index in [0.29, 0.717) is 25.9 Å². The number of aromatic amines is 1. The summed E-state index contributed by atoms with van der Waals surface area (Å²) in [5, 5.41) is 12.2. The summed E-state index contributed by atoms with van der Waals surface area (Å²) in [7, 11) is 0. The molecule has 1 aliphatic rings. The van der Waals surface area contributed by atoms with Crippen molar-refractivity contribution in [3.8, 4) is 0 Å². The number of H-pyrrole nitrogens is 1. The van der Waals surface area contributed by atoms with E-state index in [-0.39, 0.29) is 34.9 Å². The van der Waals surface area contributed by atoms with Gasteiger partial charge >= 0.3 is 6.18 Å². The van der Waals surface area contributed by atoms with Crippen LogP contribution >= 0.6 is 0 Å². The Labute approximate surface area is 146 Å². The van der Waals surface area contributed by atoms with Gasteiger partial charge in [0.2, 0.25) is 17.6 Å². The number of aromatic nitrogens is 3. The second-order valence-electron chi connectivity index (χ2n) is 6.16. The van der Waals surface area contributed by atoms with Crippen molar-refractivity contribution in [1.82, 2.24) is 25.8 Å². The van der Waals surface area contributed by atoms with Gasteiger partial charge in [0, 0.05) is 11.5 Å². The summed E-state index contributed by atoms with van der Waals surface area (Å²) >= 11 is 0. The van der Waals surface area contributed by atoms with E-state index in [9.17, 15) is 18.0 Å². The zero-order valence-corrected chi connectivity index (χ0v) is 14.0. The van der Waals surface area contributed by atoms with Crippen LogP contribution in [0.2, 0.25) is 0 Å². The number of nitrogens with one attached hydrogen (secondary N) is 3. The van der Waals surface area contributed by atoms with Crippen molar-refractivity contribution in [3.05, 3.63) is 29.0 Å². The summed E-state index contributed by atoms with van der Waals surface area (Å²) in [6, 6.07) is -0.108. The highest BCUT2D eigenvalue weighted by Crippen LogP contribution is 2.35. The molecule has 0 aromatic carbocycles. The molecule has 3 rings (SSSR count). The highest BCUT2D eigenvalue weighted by molar-refractivity contribution is 5.79. The summed E-state index contributed by atoms with van der Waals surface area (Å²) < 4.78 is 43.7. The second-order valence-corrected chi connectivity index (χ2v) is 6.16. The van der Waals surface area contributed by atoms with E-state index in [4.69, 9.17) is 10.2 Å². The topological polar surface area (TPSA) is 122 Å². The fraction of sp³-hybridized carbons (Fsp3) is 0.533. The largest absolute Gasteiger partial charge is 0.456 e. The predicted molar refractivity (Wildman–Crippen MR) is 84.8 cm³/mol. The Morgan fingerprint density at radius 3 is 2.65 bits per heavy atom. The number of halogens is 3. The van der Waals surface area contributed by atoms with Gasteiger partial charge in [-0.25, -0.2) is 0 Å². The van der Waals surface area contributed by atoms with Gasteiger partial charge in [-0.3, -0.25) is 9.89 Å². The van der Waals surface area contributed by atoms with Gasteiger partial charge in [0.1, 0.15) is 11.8 Å². The van der Waals surface area contributed by atoms with Crippen LogP contribution in [-0.2, 0) is 11.0 Å². The van der Waals surface area contributed by atoms with Gasteiger partial charge in [-0.05, 0) is 38.9 Å². The van der Waals surface area contributed by atoms with Crippen LogP contribution in [0.15, 0.2) is 10.5 Å². The fourth-order valence-corrected chi connectivity index (χ4v) is 2.98. The molecule has 0 spiro atoms. The van der Waals surface area contributed by atoms with E-state index in [1.54, 1.807) is 0 Å². The Kier molecular flexibility index (Phi) is 4.90. The number of nitrogens with two attached hydrogens (primary N) is 1. The SMILES string of the molecule is Cc1oc(C(F)(F)F)cc1C(NC(=O)C1CCNCC1)c1nc(N)n[nH]1. The molecule has 26 heavy (non-hydrogen) atoms. The first-order valence-electron chi connectivity index (χ1n) is 8.12. The summed E-state index contributed by atoms with van der Waals surface area (Å²) in [6.07, 6.45) is -3.34. The minimum atomic E-state index is -4.63. The molecule has 2 aromatic rings. The van der Waals surface area contributed by atoms with E-state index >= 15 is 0 Å². The lowest BCUT2D eigenvalue weighted by Crippen LogP contribution is -2.40. The first kappa shape index (κ1) is 18.2. The van der Waals surface area contributed by atoms with E-state index in [2.05, 4.69) is 25.8 Å². The highest BCUT2D eigenvalue weighted by atomic mass is 19.4. The van der Waals surface area contributed by atoms with Gasteiger partial charge in [0.15, 0.2) is 5.82 Å². The van der Waals surface area contributed by atoms with Crippen LogP contribution in [0.3, 0.4) is 0 Å². The Morgan fingerprint density at radius 1 is 1.42 bits per heavy atom. The molecule has 11 heteroatoms. The predicted octanol–water partition coefficient (Wildman–Crippen LogP) is 1.51. The smallest absolute Gasteiger partial charge is 0.449 e. The number of nitrogen functional groups attached to an aromatic ring is 1. The summed E-state index contributed by atoms with van der Waals surface area (Å²) in [4.78, 5) is 16.6. The molecule has 8 nitrogen and oxygen atoms in total. The maximum atomic E-state index is 13.0. The molecule has 0 radical (unpaired) electrons. The number of aryl methyl sites for hydroxylation is 1. The van der Waals surface area contributed by atoms with Crippen LogP contribution in [-0.4, -0.2) is 34.2 Å². The standard InChI is InChI=1S/C15H19F3N6O2/c1-7-9(6-10(26-7)15(16,17)18)11(12-22-14(19)24-23-12)21-13(25)8-2-4-20-5-3-8/h6,8,11,20H,2-5H2,1H3,(H,21,25)(H3,19,22,23,24). The molecular weight excluding hydrogens is 353 g/mol. The van der Waals surface area contributed by atoms with E-state index in [1.165, 1.54) is 6.92 Å². The molecule has 0 bridgehead atoms. The van der Waals surface area contributed by atoms with Crippen molar-refractivity contribution < 1.29 is 22.4 Å². The number of anilines is 1. The van der Waals surface area contributed by atoms with Gasteiger partial charge in [-0.1, -0.05) is 0 Å². The van der Waals surface area contributed by atoms with Crippen molar-refractivity contribution in [2.75, 3.05) is 18.8 Å². The zero-order valence-electron chi connectivity index (χ0n) is 14.0. The molecule has 1 unspecified atom stereocenters. The van der Waals surface area contributed by atoms with Gasteiger partial charge < -0.3 is 20.8 Å². The first-order chi connectivity index (χ1) is 12.3. The maximum Gasteiger partial charge on any atom is 0.449 e. The molecule has 1 atom stereocenters. The molecule has 0 saturated carbocycles. The Morgan fingerprint density at radius 2 is 2.12 bits per heavy atom. The summed E-state index contributed by atoms with van der Waals surface area (Å²) in [6.45, 7) is 2.82. The highest BCUT2D eigenvalue weighted by Gasteiger charge is 2.38. The lowest BCUT2D eigenvalue weighted by atomic mass is 9.96. The van der Waals surface area contributed by atoms with Gasteiger partial charge in [0.05, 0.1) is 0 Å². The lowest BCUT2D eigenvalue weighted by molar-refractivity contribution is -0.153. The van der Waals surface area contributed by atoms with Crippen LogP contribution in [0, 0.1) is 12.8 Å². The van der Waals surface area contributed by atoms with Crippen molar-refractivity contribution in [3.63, 3.8) is 0 Å². The molecule has 142 valence electrons. The van der Waals surface area contributed by atoms with Gasteiger partial charge in [0.25, 0.3) is 0 Å². The first-order valence-corrected chi connectivity index (χ1v) is 8.12. The zero-order chi connectivity index (χ0) is 18.9. The number of carbonyl (C=O) groups excluding carboxylic acids is 1. The fourth-order valence-electron chi connectivity index (χ4n) is 2.98. The number of piperidine rings is 1. The van der Waals surface area contributed by atoms with Crippen molar-refractivity contribution in [2.45, 2.75) is 32.0 Å². The molecule has 1 amide bonds. The summed E-state index contributed by atoms with van der Waals surface area (Å²) in [5.41, 5.74) is 5.65. The molecule has 1 fully saturated rings. The van der Waals surface area contributed by atoms with Gasteiger partial charge in [-0.15, -0.1) is 5.10 Å². The number of hydrogen-bond donors (Lipinski definition) is 4. The molecule has 0 aliphatic carbocycles. The Bertz CT molecular complexity index is 779. The van der Waals surface area contributed by atoms with Crippen LogP contribution < -0.4 is 16.4 Å². The van der Waals surface area contributed by atoms with Gasteiger partial charge in [-0.2, -0.15) is 18.2 Å². The Hall–Kier alpha value is -2.56. The monoisotopic (exact) mass is 372 g/mol.